The molecule has 1 saturated heterocycles. The zero-order chi connectivity index (χ0) is 22.9. The molecule has 0 radical (unpaired) electrons. The Morgan fingerprint density at radius 1 is 1.18 bits per heavy atom. The second kappa shape index (κ2) is 9.14. The number of anilines is 1. The number of fused-ring (bicyclic) bond motifs is 1. The van der Waals surface area contributed by atoms with Crippen LogP contribution in [0.2, 0.25) is 0 Å². The van der Waals surface area contributed by atoms with Gasteiger partial charge in [0, 0.05) is 19.0 Å². The molecule has 1 atom stereocenters. The molecule has 7 nitrogen and oxygen atoms in total. The van der Waals surface area contributed by atoms with E-state index < -0.39 is 5.97 Å². The summed E-state index contributed by atoms with van der Waals surface area (Å²) in [5, 5.41) is 16.4. The van der Waals surface area contributed by atoms with Gasteiger partial charge < -0.3 is 14.7 Å². The Morgan fingerprint density at radius 2 is 1.91 bits per heavy atom. The number of carbonyl (C=O) groups excluding carboxylic acids is 1. The first kappa shape index (κ1) is 21.9. The first-order valence-corrected chi connectivity index (χ1v) is 12.1. The fraction of sp³-hybridized carbons (Fsp3) is 0.500. The highest BCUT2D eigenvalue weighted by atomic mass is 16.5. The average molecular weight is 449 g/mol. The zero-order valence-electron chi connectivity index (χ0n) is 19.4. The normalized spacial score (nSPS) is 18.3. The molecule has 0 spiro atoms. The van der Waals surface area contributed by atoms with Crippen molar-refractivity contribution >= 4 is 22.7 Å². The van der Waals surface area contributed by atoms with Crippen LogP contribution in [0.1, 0.15) is 67.5 Å². The van der Waals surface area contributed by atoms with Crippen LogP contribution >= 0.6 is 0 Å². The van der Waals surface area contributed by atoms with Crippen molar-refractivity contribution in [2.45, 2.75) is 57.5 Å². The number of aliphatic hydroxyl groups is 1. The summed E-state index contributed by atoms with van der Waals surface area (Å²) in [5.41, 5.74) is 4.02. The van der Waals surface area contributed by atoms with Gasteiger partial charge in [-0.25, -0.2) is 14.5 Å². The molecule has 7 heteroatoms. The molecule has 2 aliphatic rings. The van der Waals surface area contributed by atoms with Crippen molar-refractivity contribution in [3.8, 4) is 5.69 Å². The molecule has 1 saturated carbocycles. The first-order chi connectivity index (χ1) is 16.1. The Bertz CT molecular complexity index is 1130. The van der Waals surface area contributed by atoms with Gasteiger partial charge in [-0.15, -0.1) is 0 Å². The minimum atomic E-state index is -0.444. The fourth-order valence-electron chi connectivity index (χ4n) is 5.16. The number of pyridine rings is 1. The third-order valence-electron chi connectivity index (χ3n) is 7.37. The Balaban J connectivity index is 1.66. The van der Waals surface area contributed by atoms with E-state index in [0.717, 1.165) is 67.6 Å². The van der Waals surface area contributed by atoms with E-state index in [9.17, 15) is 9.90 Å². The molecule has 0 bridgehead atoms. The number of piperidine rings is 1. The predicted octanol–water partition coefficient (Wildman–Crippen LogP) is 4.46. The monoisotopic (exact) mass is 448 g/mol. The summed E-state index contributed by atoms with van der Waals surface area (Å²) in [6.07, 6.45) is 5.87. The maximum absolute atomic E-state index is 12.6. The zero-order valence-corrected chi connectivity index (χ0v) is 19.4. The number of carbonyl (C=O) groups is 1. The van der Waals surface area contributed by atoms with Crippen LogP contribution in [0.4, 0.5) is 5.69 Å². The van der Waals surface area contributed by atoms with Gasteiger partial charge in [-0.3, -0.25) is 0 Å². The summed E-state index contributed by atoms with van der Waals surface area (Å²) in [6, 6.07) is 11.9. The lowest BCUT2D eigenvalue weighted by Crippen LogP contribution is -2.38. The molecule has 3 heterocycles. The molecule has 5 rings (SSSR count). The highest BCUT2D eigenvalue weighted by Crippen LogP contribution is 2.43. The number of hydrogen-bond acceptors (Lipinski definition) is 6. The van der Waals surface area contributed by atoms with Crippen LogP contribution in [0.25, 0.3) is 16.7 Å². The van der Waals surface area contributed by atoms with Gasteiger partial charge in [0.2, 0.25) is 0 Å². The number of nitrogens with zero attached hydrogens (tertiary/aromatic N) is 4. The van der Waals surface area contributed by atoms with Crippen LogP contribution < -0.4 is 4.90 Å². The van der Waals surface area contributed by atoms with Crippen LogP contribution in [-0.2, 0) is 4.74 Å². The maximum atomic E-state index is 12.6. The Morgan fingerprint density at radius 3 is 2.52 bits per heavy atom. The SMILES string of the molecule is CCC(O)C1CCN(c2cc(C(=O)OC)nc3c2c(C2CCC2)nn3-c2ccccc2)CC1. The Kier molecular flexibility index (Phi) is 6.06. The van der Waals surface area contributed by atoms with Crippen molar-refractivity contribution in [1.82, 2.24) is 14.8 Å². The summed E-state index contributed by atoms with van der Waals surface area (Å²) in [6.45, 7) is 3.71. The van der Waals surface area contributed by atoms with Crippen molar-refractivity contribution in [3.05, 3.63) is 47.8 Å². The minimum Gasteiger partial charge on any atom is -0.464 e. The lowest BCUT2D eigenvalue weighted by molar-refractivity contribution is 0.0594. The molecule has 2 fully saturated rings. The molecule has 3 aromatic rings. The Labute approximate surface area is 194 Å². The molecule has 33 heavy (non-hydrogen) atoms. The average Bonchev–Trinajstić information content (AvgIpc) is 3.21. The van der Waals surface area contributed by atoms with Gasteiger partial charge >= 0.3 is 5.97 Å². The number of benzene rings is 1. The van der Waals surface area contributed by atoms with Crippen molar-refractivity contribution < 1.29 is 14.6 Å². The minimum absolute atomic E-state index is 0.249. The van der Waals surface area contributed by atoms with Crippen molar-refractivity contribution in [1.29, 1.82) is 0 Å². The van der Waals surface area contributed by atoms with Gasteiger partial charge in [-0.05, 0) is 56.2 Å². The lowest BCUT2D eigenvalue weighted by atomic mass is 9.81. The summed E-state index contributed by atoms with van der Waals surface area (Å²) in [5.74, 6) is 0.295. The molecule has 1 aromatic carbocycles. The van der Waals surface area contributed by atoms with E-state index in [-0.39, 0.29) is 6.10 Å². The second-order valence-electron chi connectivity index (χ2n) is 9.28. The van der Waals surface area contributed by atoms with Crippen LogP contribution in [0.15, 0.2) is 36.4 Å². The second-order valence-corrected chi connectivity index (χ2v) is 9.28. The molecule has 1 unspecified atom stereocenters. The molecule has 174 valence electrons. The van der Waals surface area contributed by atoms with E-state index in [1.165, 1.54) is 13.5 Å². The van der Waals surface area contributed by atoms with E-state index in [0.29, 0.717) is 23.2 Å². The fourth-order valence-corrected chi connectivity index (χ4v) is 5.16. The van der Waals surface area contributed by atoms with E-state index in [2.05, 4.69) is 4.90 Å². The third-order valence-corrected chi connectivity index (χ3v) is 7.37. The number of para-hydroxylation sites is 1. The van der Waals surface area contributed by atoms with E-state index in [4.69, 9.17) is 14.8 Å². The van der Waals surface area contributed by atoms with Crippen LogP contribution in [0.5, 0.6) is 0 Å². The van der Waals surface area contributed by atoms with Gasteiger partial charge in [-0.1, -0.05) is 31.5 Å². The topological polar surface area (TPSA) is 80.5 Å². The molecule has 1 aliphatic heterocycles. The third kappa shape index (κ3) is 3.99. The molecule has 1 N–H and O–H groups in total. The van der Waals surface area contributed by atoms with E-state index in [1.54, 1.807) is 0 Å². The predicted molar refractivity (Wildman–Crippen MR) is 128 cm³/mol. The summed E-state index contributed by atoms with van der Waals surface area (Å²) in [4.78, 5) is 19.7. The van der Waals surface area contributed by atoms with E-state index in [1.807, 2.05) is 48.0 Å². The number of methoxy groups -OCH3 is 1. The summed E-state index contributed by atoms with van der Waals surface area (Å²) >= 11 is 0. The molecular weight excluding hydrogens is 416 g/mol. The van der Waals surface area contributed by atoms with Crippen LogP contribution in [0, 0.1) is 5.92 Å². The van der Waals surface area contributed by atoms with Gasteiger partial charge in [0.25, 0.3) is 0 Å². The number of ether oxygens (including phenoxy) is 1. The van der Waals surface area contributed by atoms with Gasteiger partial charge in [-0.2, -0.15) is 5.10 Å². The molecular formula is C26H32N4O3. The first-order valence-electron chi connectivity index (χ1n) is 12.1. The Hall–Kier alpha value is -2.93. The summed E-state index contributed by atoms with van der Waals surface area (Å²) < 4.78 is 6.92. The number of rotatable bonds is 6. The van der Waals surface area contributed by atoms with Crippen molar-refractivity contribution in [3.63, 3.8) is 0 Å². The lowest BCUT2D eigenvalue weighted by Gasteiger charge is -2.36. The molecule has 0 amide bonds. The van der Waals surface area contributed by atoms with Crippen molar-refractivity contribution in [2.75, 3.05) is 25.1 Å². The standard InChI is InChI=1S/C26H32N4O3/c1-3-22(31)17-12-14-29(15-13-17)21-16-20(26(32)33-2)27-25-23(21)24(18-8-7-9-18)28-30(25)19-10-5-4-6-11-19/h4-6,10-11,16-18,22,31H,3,7-9,12-15H2,1-2H3. The number of hydrogen-bond donors (Lipinski definition) is 1. The van der Waals surface area contributed by atoms with E-state index >= 15 is 0 Å². The smallest absolute Gasteiger partial charge is 0.356 e. The maximum Gasteiger partial charge on any atom is 0.356 e. The highest BCUT2D eigenvalue weighted by Gasteiger charge is 2.32. The van der Waals surface area contributed by atoms with Crippen LogP contribution in [-0.4, -0.2) is 52.1 Å². The quantitative estimate of drug-likeness (QED) is 0.561. The van der Waals surface area contributed by atoms with Gasteiger partial charge in [0.1, 0.15) is 0 Å². The van der Waals surface area contributed by atoms with Crippen molar-refractivity contribution in [2.24, 2.45) is 5.92 Å². The molecule has 1 aliphatic carbocycles. The van der Waals surface area contributed by atoms with Gasteiger partial charge in [0.15, 0.2) is 11.3 Å². The largest absolute Gasteiger partial charge is 0.464 e. The number of aromatic nitrogens is 3. The highest BCUT2D eigenvalue weighted by molar-refractivity contribution is 5.99. The van der Waals surface area contributed by atoms with Crippen LogP contribution in [0.3, 0.4) is 0 Å². The number of esters is 1. The van der Waals surface area contributed by atoms with Gasteiger partial charge in [0.05, 0.1) is 35.7 Å². The molecule has 2 aromatic heterocycles. The summed E-state index contributed by atoms with van der Waals surface area (Å²) in [7, 11) is 1.39. The number of aliphatic hydroxyl groups excluding tert-OH is 1.